The number of amides is 1. The Balaban J connectivity index is 1.90. The van der Waals surface area contributed by atoms with Crippen molar-refractivity contribution in [1.29, 1.82) is 0 Å². The molecule has 1 atom stereocenters. The molecule has 34 heavy (non-hydrogen) atoms. The Bertz CT molecular complexity index is 1200. The van der Waals surface area contributed by atoms with Gasteiger partial charge < -0.3 is 14.8 Å². The summed E-state index contributed by atoms with van der Waals surface area (Å²) in [6.07, 6.45) is -2.35. The number of ether oxygens (including phenoxy) is 2. The van der Waals surface area contributed by atoms with Crippen molar-refractivity contribution in [1.82, 2.24) is 15.1 Å². The Morgan fingerprint density at radius 2 is 1.85 bits per heavy atom. The fourth-order valence-corrected chi connectivity index (χ4v) is 3.64. The number of carbonyl (C=O) groups is 2. The third-order valence-corrected chi connectivity index (χ3v) is 5.62. The lowest BCUT2D eigenvalue weighted by molar-refractivity contribution is 0.0600. The number of hydrogen-bond donors (Lipinski definition) is 1. The maximum atomic E-state index is 13.7. The minimum Gasteiger partial charge on any atom is -0.465 e. The van der Waals surface area contributed by atoms with Gasteiger partial charge in [-0.3, -0.25) is 4.79 Å². The largest absolute Gasteiger partial charge is 0.465 e. The maximum absolute atomic E-state index is 13.7. The average Bonchev–Trinajstić information content (AvgIpc) is 3.16. The third kappa shape index (κ3) is 5.36. The van der Waals surface area contributed by atoms with Gasteiger partial charge in [-0.15, -0.1) is 0 Å². The lowest BCUT2D eigenvalue weighted by Gasteiger charge is -2.16. The van der Waals surface area contributed by atoms with Gasteiger partial charge in [0.15, 0.2) is 0 Å². The van der Waals surface area contributed by atoms with Gasteiger partial charge >= 0.3 is 5.97 Å². The number of methoxy groups -OCH3 is 1. The third-order valence-electron chi connectivity index (χ3n) is 5.25. The second-order valence-corrected chi connectivity index (χ2v) is 7.91. The molecule has 0 spiro atoms. The van der Waals surface area contributed by atoms with Gasteiger partial charge in [0, 0.05) is 12.1 Å². The number of halogens is 3. The number of aromatic nitrogens is 2. The molecule has 2 aromatic carbocycles. The highest BCUT2D eigenvalue weighted by molar-refractivity contribution is 6.31. The van der Waals surface area contributed by atoms with Crippen LogP contribution in [0, 0.1) is 0 Å². The van der Waals surface area contributed by atoms with Crippen molar-refractivity contribution in [3.63, 3.8) is 0 Å². The van der Waals surface area contributed by atoms with Crippen LogP contribution in [0.15, 0.2) is 42.5 Å². The van der Waals surface area contributed by atoms with Gasteiger partial charge in [-0.1, -0.05) is 30.7 Å². The van der Waals surface area contributed by atoms with Crippen LogP contribution < -0.4 is 10.1 Å². The Morgan fingerprint density at radius 3 is 2.44 bits per heavy atom. The van der Waals surface area contributed by atoms with E-state index in [0.717, 1.165) is 10.2 Å². The summed E-state index contributed by atoms with van der Waals surface area (Å²) in [5.41, 5.74) is 0.778. The topological polar surface area (TPSA) is 82.4 Å². The molecule has 0 radical (unpaired) electrons. The van der Waals surface area contributed by atoms with Crippen molar-refractivity contribution in [3.05, 3.63) is 75.4 Å². The van der Waals surface area contributed by atoms with Crippen molar-refractivity contribution in [2.45, 2.75) is 32.7 Å². The number of benzene rings is 2. The van der Waals surface area contributed by atoms with Gasteiger partial charge in [-0.25, -0.2) is 18.3 Å². The van der Waals surface area contributed by atoms with Crippen LogP contribution in [0.3, 0.4) is 0 Å². The minimum atomic E-state index is -2.99. The number of rotatable bonds is 8. The molecule has 1 amide bonds. The quantitative estimate of drug-likeness (QED) is 0.412. The van der Waals surface area contributed by atoms with Gasteiger partial charge in [-0.2, -0.15) is 5.10 Å². The average molecular weight is 492 g/mol. The van der Waals surface area contributed by atoms with E-state index in [0.29, 0.717) is 28.3 Å². The molecule has 180 valence electrons. The zero-order valence-corrected chi connectivity index (χ0v) is 19.8. The van der Waals surface area contributed by atoms with E-state index in [2.05, 4.69) is 15.2 Å². The van der Waals surface area contributed by atoms with Crippen LogP contribution in [0.4, 0.5) is 8.78 Å². The number of aryl methyl sites for hydroxylation is 2. The smallest absolute Gasteiger partial charge is 0.337 e. The summed E-state index contributed by atoms with van der Waals surface area (Å²) in [7, 11) is 2.70. The van der Waals surface area contributed by atoms with Gasteiger partial charge in [0.05, 0.1) is 18.7 Å². The molecule has 1 N–H and O–H groups in total. The number of alkyl halides is 2. The molecule has 0 unspecified atom stereocenters. The zero-order chi connectivity index (χ0) is 25.0. The zero-order valence-electron chi connectivity index (χ0n) is 19.1. The SMILES string of the molecule is CCc1cc(Oc2c(C(=O)N[C@@H](C)c3ccc(C(=O)OC)cc3)c(C(F)F)nn2C)ccc1Cl. The van der Waals surface area contributed by atoms with Crippen LogP contribution in [0.2, 0.25) is 5.02 Å². The predicted octanol–water partition coefficient (Wildman–Crippen LogP) is 5.64. The van der Waals surface area contributed by atoms with Crippen molar-refractivity contribution >= 4 is 23.5 Å². The van der Waals surface area contributed by atoms with E-state index < -0.39 is 30.0 Å². The number of nitrogens with one attached hydrogen (secondary N) is 1. The highest BCUT2D eigenvalue weighted by Gasteiger charge is 2.30. The highest BCUT2D eigenvalue weighted by atomic mass is 35.5. The van der Waals surface area contributed by atoms with E-state index in [-0.39, 0.29) is 11.4 Å². The lowest BCUT2D eigenvalue weighted by Crippen LogP contribution is -2.27. The summed E-state index contributed by atoms with van der Waals surface area (Å²) >= 11 is 6.15. The number of carbonyl (C=O) groups excluding carboxylic acids is 2. The molecule has 10 heteroatoms. The molecule has 0 saturated carbocycles. The molecular weight excluding hydrogens is 468 g/mol. The van der Waals surface area contributed by atoms with Gasteiger partial charge in [0.1, 0.15) is 17.0 Å². The number of nitrogens with zero attached hydrogens (tertiary/aromatic N) is 2. The first-order valence-corrected chi connectivity index (χ1v) is 10.8. The summed E-state index contributed by atoms with van der Waals surface area (Å²) in [6, 6.07) is 10.8. The molecule has 1 heterocycles. The molecule has 3 rings (SSSR count). The monoisotopic (exact) mass is 491 g/mol. The standard InChI is InChI=1S/C24H24ClF2N3O4/c1-5-14-12-17(10-11-18(14)25)34-23-19(20(21(26)27)29-30(23)3)22(31)28-13(2)15-6-8-16(9-7-15)24(32)33-4/h6-13,21H,5H2,1-4H3,(H,28,31)/t13-/m0/s1. The van der Waals surface area contributed by atoms with E-state index in [1.54, 1.807) is 49.4 Å². The van der Waals surface area contributed by atoms with Gasteiger partial charge in [0.25, 0.3) is 12.3 Å². The second-order valence-electron chi connectivity index (χ2n) is 7.51. The fraction of sp³-hybridized carbons (Fsp3) is 0.292. The second kappa shape index (κ2) is 10.6. The normalized spacial score (nSPS) is 11.9. The molecular formula is C24H24ClF2N3O4. The van der Waals surface area contributed by atoms with Crippen LogP contribution in [0.1, 0.15) is 63.9 Å². The molecule has 0 bridgehead atoms. The van der Waals surface area contributed by atoms with E-state index in [1.165, 1.54) is 14.2 Å². The summed E-state index contributed by atoms with van der Waals surface area (Å²) in [5.74, 6) is -1.04. The molecule has 0 saturated heterocycles. The first-order valence-electron chi connectivity index (χ1n) is 10.5. The number of esters is 1. The number of hydrogen-bond acceptors (Lipinski definition) is 5. The Labute approximate surface area is 200 Å². The van der Waals surface area contributed by atoms with Gasteiger partial charge in [0.2, 0.25) is 5.88 Å². The Morgan fingerprint density at radius 1 is 1.18 bits per heavy atom. The highest BCUT2D eigenvalue weighted by Crippen LogP contribution is 2.34. The fourth-order valence-electron chi connectivity index (χ4n) is 3.39. The van der Waals surface area contributed by atoms with Crippen molar-refractivity contribution in [2.75, 3.05) is 7.11 Å². The summed E-state index contributed by atoms with van der Waals surface area (Å²) < 4.78 is 39.1. The summed E-state index contributed by atoms with van der Waals surface area (Å²) in [5, 5.41) is 7.06. The van der Waals surface area contributed by atoms with Crippen molar-refractivity contribution in [3.8, 4) is 11.6 Å². The van der Waals surface area contributed by atoms with Crippen LogP contribution in [-0.2, 0) is 18.2 Å². The lowest BCUT2D eigenvalue weighted by atomic mass is 10.1. The molecule has 7 nitrogen and oxygen atoms in total. The first kappa shape index (κ1) is 25.2. The van der Waals surface area contributed by atoms with E-state index in [9.17, 15) is 18.4 Å². The molecule has 0 fully saturated rings. The molecule has 0 aliphatic rings. The first-order chi connectivity index (χ1) is 16.2. The molecule has 0 aliphatic heterocycles. The van der Waals surface area contributed by atoms with Gasteiger partial charge in [-0.05, 0) is 54.8 Å². The van der Waals surface area contributed by atoms with Crippen LogP contribution in [0.5, 0.6) is 11.6 Å². The molecule has 1 aromatic heterocycles. The van der Waals surface area contributed by atoms with E-state index >= 15 is 0 Å². The minimum absolute atomic E-state index is 0.120. The van der Waals surface area contributed by atoms with E-state index in [1.807, 2.05) is 6.92 Å². The van der Waals surface area contributed by atoms with Crippen LogP contribution in [-0.4, -0.2) is 28.8 Å². The Hall–Kier alpha value is -3.46. The summed E-state index contributed by atoms with van der Waals surface area (Å²) in [4.78, 5) is 24.7. The van der Waals surface area contributed by atoms with Crippen LogP contribution in [0.25, 0.3) is 0 Å². The van der Waals surface area contributed by atoms with Crippen molar-refractivity contribution < 1.29 is 27.8 Å². The van der Waals surface area contributed by atoms with Crippen molar-refractivity contribution in [2.24, 2.45) is 7.05 Å². The van der Waals surface area contributed by atoms with Crippen LogP contribution >= 0.6 is 11.6 Å². The van der Waals surface area contributed by atoms with E-state index in [4.69, 9.17) is 16.3 Å². The summed E-state index contributed by atoms with van der Waals surface area (Å²) in [6.45, 7) is 3.61. The molecule has 0 aliphatic carbocycles. The predicted molar refractivity (Wildman–Crippen MR) is 123 cm³/mol. The Kier molecular flexibility index (Phi) is 7.88. The molecule has 3 aromatic rings. The maximum Gasteiger partial charge on any atom is 0.337 e.